The molecule has 0 saturated heterocycles. The predicted molar refractivity (Wildman–Crippen MR) is 73.5 cm³/mol. The van der Waals surface area contributed by atoms with Crippen molar-refractivity contribution in [1.29, 1.82) is 5.26 Å². The number of aryl methyl sites for hydroxylation is 1. The largest absolute Gasteiger partial charge is 0.436 e. The summed E-state index contributed by atoms with van der Waals surface area (Å²) >= 11 is 5.61. The van der Waals surface area contributed by atoms with Crippen molar-refractivity contribution in [2.45, 2.75) is 19.6 Å². The van der Waals surface area contributed by atoms with Gasteiger partial charge >= 0.3 is 6.18 Å². The molecule has 0 aliphatic carbocycles. The summed E-state index contributed by atoms with van der Waals surface area (Å²) < 4.78 is 40.3. The molecule has 1 N–H and O–H groups in total. The van der Waals surface area contributed by atoms with Crippen LogP contribution in [-0.4, -0.2) is 25.5 Å². The van der Waals surface area contributed by atoms with Gasteiger partial charge in [0.05, 0.1) is 16.9 Å². The lowest BCUT2D eigenvalue weighted by molar-refractivity contribution is -0.141. The lowest BCUT2D eigenvalue weighted by Crippen LogP contribution is -2.22. The number of anilines is 1. The zero-order valence-electron chi connectivity index (χ0n) is 11.9. The molecule has 0 atom stereocenters. The molecule has 0 radical (unpaired) electrons. The number of hydrogen-bond donors (Lipinski definition) is 1. The normalized spacial score (nSPS) is 11.3. The van der Waals surface area contributed by atoms with E-state index in [1.165, 1.54) is 24.9 Å². The van der Waals surface area contributed by atoms with Gasteiger partial charge in [-0.25, -0.2) is 0 Å². The Kier molecular flexibility index (Phi) is 4.33. The van der Waals surface area contributed by atoms with Crippen LogP contribution < -0.4 is 5.32 Å². The fourth-order valence-corrected chi connectivity index (χ4v) is 2.08. The summed E-state index contributed by atoms with van der Waals surface area (Å²) in [6.07, 6.45) is -3.45. The van der Waals surface area contributed by atoms with Crippen molar-refractivity contribution < 1.29 is 18.0 Å². The fraction of sp³-hybridized carbons (Fsp3) is 0.333. The number of rotatable bonds is 3. The predicted octanol–water partition coefficient (Wildman–Crippen LogP) is 2.11. The van der Waals surface area contributed by atoms with Gasteiger partial charge in [-0.1, -0.05) is 11.6 Å². The number of aromatic nitrogens is 4. The van der Waals surface area contributed by atoms with Crippen molar-refractivity contribution in [2.75, 3.05) is 5.32 Å². The molecule has 2 aromatic rings. The molecule has 0 unspecified atom stereocenters. The smallest absolute Gasteiger partial charge is 0.308 e. The van der Waals surface area contributed by atoms with Crippen LogP contribution in [0.4, 0.5) is 19.0 Å². The van der Waals surface area contributed by atoms with Gasteiger partial charge in [-0.15, -0.1) is 0 Å². The van der Waals surface area contributed by atoms with Gasteiger partial charge in [0.2, 0.25) is 5.91 Å². The van der Waals surface area contributed by atoms with Gasteiger partial charge in [0.1, 0.15) is 24.0 Å². The fourth-order valence-electron chi connectivity index (χ4n) is 1.83. The number of nitrogens with zero attached hydrogens (tertiary/aromatic N) is 5. The van der Waals surface area contributed by atoms with Gasteiger partial charge in [0, 0.05) is 7.05 Å². The van der Waals surface area contributed by atoms with E-state index in [-0.39, 0.29) is 17.1 Å². The van der Waals surface area contributed by atoms with Gasteiger partial charge in [0.15, 0.2) is 5.69 Å². The molecule has 0 aromatic carbocycles. The topological polar surface area (TPSA) is 88.5 Å². The van der Waals surface area contributed by atoms with Crippen LogP contribution in [0.3, 0.4) is 0 Å². The Hall–Kier alpha value is -2.54. The molecule has 23 heavy (non-hydrogen) atoms. The lowest BCUT2D eigenvalue weighted by atomic mass is 10.3. The molecule has 0 spiro atoms. The monoisotopic (exact) mass is 346 g/mol. The van der Waals surface area contributed by atoms with E-state index in [4.69, 9.17) is 16.9 Å². The Labute approximate surface area is 133 Å². The molecule has 11 heteroatoms. The Morgan fingerprint density at radius 3 is 2.70 bits per heavy atom. The first kappa shape index (κ1) is 16.8. The molecule has 2 aromatic heterocycles. The minimum atomic E-state index is -4.71. The maximum atomic E-state index is 12.7. The Morgan fingerprint density at radius 1 is 1.52 bits per heavy atom. The summed E-state index contributed by atoms with van der Waals surface area (Å²) in [5, 5.41) is 17.9. The van der Waals surface area contributed by atoms with Crippen LogP contribution in [0.1, 0.15) is 17.0 Å². The van der Waals surface area contributed by atoms with E-state index in [0.29, 0.717) is 0 Å². The van der Waals surface area contributed by atoms with E-state index in [2.05, 4.69) is 15.5 Å². The number of halogens is 4. The van der Waals surface area contributed by atoms with Gasteiger partial charge in [-0.05, 0) is 6.92 Å². The van der Waals surface area contributed by atoms with Gasteiger partial charge in [-0.2, -0.15) is 28.6 Å². The minimum Gasteiger partial charge on any atom is -0.308 e. The van der Waals surface area contributed by atoms with Gasteiger partial charge < -0.3 is 5.32 Å². The maximum Gasteiger partial charge on any atom is 0.436 e. The maximum absolute atomic E-state index is 12.7. The second-order valence-electron chi connectivity index (χ2n) is 4.59. The summed E-state index contributed by atoms with van der Waals surface area (Å²) in [4.78, 5) is 12.0. The first-order valence-electron chi connectivity index (χ1n) is 6.17. The average molecular weight is 347 g/mol. The Morgan fingerprint density at radius 2 is 2.17 bits per heavy atom. The third-order valence-corrected chi connectivity index (χ3v) is 3.46. The van der Waals surface area contributed by atoms with Crippen LogP contribution in [0.15, 0.2) is 6.20 Å². The first-order valence-corrected chi connectivity index (χ1v) is 6.55. The molecule has 2 rings (SSSR count). The number of alkyl halides is 3. The zero-order chi connectivity index (χ0) is 17.4. The van der Waals surface area contributed by atoms with Crippen molar-refractivity contribution >= 4 is 23.3 Å². The highest BCUT2D eigenvalue weighted by molar-refractivity contribution is 6.32. The highest BCUT2D eigenvalue weighted by Gasteiger charge is 2.38. The second-order valence-corrected chi connectivity index (χ2v) is 4.97. The molecule has 2 heterocycles. The molecule has 0 saturated carbocycles. The molecule has 0 aliphatic heterocycles. The van der Waals surface area contributed by atoms with E-state index in [0.717, 1.165) is 4.68 Å². The van der Waals surface area contributed by atoms with Crippen molar-refractivity contribution in [3.8, 4) is 6.07 Å². The summed E-state index contributed by atoms with van der Waals surface area (Å²) in [6, 6.07) is 1.84. The lowest BCUT2D eigenvalue weighted by Gasteiger charge is -2.07. The molecule has 0 aliphatic rings. The Bertz CT molecular complexity index is 801. The average Bonchev–Trinajstić information content (AvgIpc) is 2.94. The van der Waals surface area contributed by atoms with E-state index >= 15 is 0 Å². The number of hydrogen-bond acceptors (Lipinski definition) is 4. The third-order valence-electron chi connectivity index (χ3n) is 3.01. The van der Waals surface area contributed by atoms with E-state index in [1.807, 2.05) is 6.07 Å². The third kappa shape index (κ3) is 3.29. The Balaban J connectivity index is 2.22. The molecule has 1 amide bonds. The van der Waals surface area contributed by atoms with Crippen molar-refractivity contribution in [1.82, 2.24) is 19.6 Å². The van der Waals surface area contributed by atoms with Crippen molar-refractivity contribution in [3.63, 3.8) is 0 Å². The highest BCUT2D eigenvalue weighted by atomic mass is 35.5. The molecular weight excluding hydrogens is 337 g/mol. The van der Waals surface area contributed by atoms with E-state index < -0.39 is 29.3 Å². The van der Waals surface area contributed by atoms with Crippen molar-refractivity contribution in [3.05, 3.63) is 28.2 Å². The van der Waals surface area contributed by atoms with Crippen LogP contribution in [-0.2, 0) is 24.6 Å². The molecular formula is C12H10ClF3N6O. The van der Waals surface area contributed by atoms with Crippen LogP contribution in [0.2, 0.25) is 5.02 Å². The van der Waals surface area contributed by atoms with Crippen LogP contribution in [0.25, 0.3) is 0 Å². The van der Waals surface area contributed by atoms with Gasteiger partial charge in [0.25, 0.3) is 0 Å². The SMILES string of the molecule is Cc1c(Cl)c(C(F)(F)F)nn1CC(=O)Nc1c(C#N)cnn1C. The number of carbonyl (C=O) groups is 1. The van der Waals surface area contributed by atoms with E-state index in [1.54, 1.807) is 0 Å². The highest BCUT2D eigenvalue weighted by Crippen LogP contribution is 2.35. The quantitative estimate of drug-likeness (QED) is 0.921. The number of nitriles is 1. The molecule has 122 valence electrons. The molecule has 0 bridgehead atoms. The summed E-state index contributed by atoms with van der Waals surface area (Å²) in [6.45, 7) is 0.834. The van der Waals surface area contributed by atoms with E-state index in [9.17, 15) is 18.0 Å². The number of nitrogens with one attached hydrogen (secondary N) is 1. The standard InChI is InChI=1S/C12H10ClF3N6O/c1-6-9(13)10(12(14,15)16)20-22(6)5-8(23)19-11-7(3-17)4-18-21(11)2/h4H,5H2,1-2H3,(H,19,23). The van der Waals surface area contributed by atoms with Crippen LogP contribution in [0.5, 0.6) is 0 Å². The zero-order valence-corrected chi connectivity index (χ0v) is 12.7. The second kappa shape index (κ2) is 5.92. The summed E-state index contributed by atoms with van der Waals surface area (Å²) in [7, 11) is 1.51. The number of carbonyl (C=O) groups excluding carboxylic acids is 1. The summed E-state index contributed by atoms with van der Waals surface area (Å²) in [5.41, 5.74) is -1.10. The molecule has 7 nitrogen and oxygen atoms in total. The van der Waals surface area contributed by atoms with Crippen LogP contribution in [0, 0.1) is 18.3 Å². The minimum absolute atomic E-state index is 0.0136. The first-order chi connectivity index (χ1) is 10.6. The van der Waals surface area contributed by atoms with Crippen molar-refractivity contribution in [2.24, 2.45) is 7.05 Å². The molecule has 0 fully saturated rings. The summed E-state index contributed by atoms with van der Waals surface area (Å²) in [5.74, 6) is -0.523. The number of amides is 1. The van der Waals surface area contributed by atoms with Crippen LogP contribution >= 0.6 is 11.6 Å². The van der Waals surface area contributed by atoms with Gasteiger partial charge in [-0.3, -0.25) is 14.2 Å².